The largest absolute Gasteiger partial charge is 0.369 e. The number of carbonyl (C=O) groups excluding carboxylic acids is 1. The van der Waals surface area contributed by atoms with E-state index < -0.39 is 0 Å². The molecule has 1 N–H and O–H groups in total. The third kappa shape index (κ3) is 3.93. The van der Waals surface area contributed by atoms with Gasteiger partial charge in [0.05, 0.1) is 12.4 Å². The molecular formula is C16H26N4O. The van der Waals surface area contributed by atoms with Crippen LogP contribution in [-0.4, -0.2) is 40.4 Å². The lowest BCUT2D eigenvalue weighted by atomic mass is 9.75. The zero-order valence-electron chi connectivity index (χ0n) is 13.5. The van der Waals surface area contributed by atoms with E-state index in [4.69, 9.17) is 0 Å². The molecular weight excluding hydrogens is 264 g/mol. The van der Waals surface area contributed by atoms with E-state index >= 15 is 0 Å². The Labute approximate surface area is 127 Å². The molecule has 0 aromatic carbocycles. The number of carbonyl (C=O) groups is 1. The molecule has 21 heavy (non-hydrogen) atoms. The first-order valence-electron chi connectivity index (χ1n) is 7.76. The van der Waals surface area contributed by atoms with Crippen LogP contribution in [0.2, 0.25) is 0 Å². The van der Waals surface area contributed by atoms with E-state index in [1.807, 2.05) is 18.9 Å². The quantitative estimate of drug-likeness (QED) is 0.926. The van der Waals surface area contributed by atoms with Crippen LogP contribution in [-0.2, 0) is 0 Å². The average Bonchev–Trinajstić information content (AvgIpc) is 2.46. The lowest BCUT2D eigenvalue weighted by Gasteiger charge is -2.38. The number of nitrogens with one attached hydrogen (secondary N) is 1. The summed E-state index contributed by atoms with van der Waals surface area (Å²) in [6.07, 6.45) is 7.65. The van der Waals surface area contributed by atoms with E-state index in [1.165, 1.54) is 12.8 Å². The Bertz CT molecular complexity index is 491. The molecule has 2 rings (SSSR count). The first-order chi connectivity index (χ1) is 9.93. The van der Waals surface area contributed by atoms with Crippen LogP contribution < -0.4 is 5.32 Å². The Kier molecular flexibility index (Phi) is 4.80. The fraction of sp³-hybridized carbons (Fsp3) is 0.688. The van der Waals surface area contributed by atoms with Crippen molar-refractivity contribution in [3.63, 3.8) is 0 Å². The van der Waals surface area contributed by atoms with Crippen molar-refractivity contribution in [3.8, 4) is 0 Å². The molecule has 1 amide bonds. The molecule has 0 saturated heterocycles. The number of hydrogen-bond acceptors (Lipinski definition) is 4. The van der Waals surface area contributed by atoms with Gasteiger partial charge in [-0.1, -0.05) is 13.8 Å². The highest BCUT2D eigenvalue weighted by Gasteiger charge is 2.31. The molecule has 1 aromatic heterocycles. The van der Waals surface area contributed by atoms with E-state index in [9.17, 15) is 4.79 Å². The molecule has 0 aliphatic heterocycles. The third-order valence-corrected chi connectivity index (χ3v) is 4.39. The van der Waals surface area contributed by atoms with Crippen molar-refractivity contribution in [2.45, 2.75) is 52.5 Å². The lowest BCUT2D eigenvalue weighted by molar-refractivity contribution is 0.0629. The second kappa shape index (κ2) is 6.41. The van der Waals surface area contributed by atoms with E-state index in [0.717, 1.165) is 19.4 Å². The van der Waals surface area contributed by atoms with Gasteiger partial charge in [-0.25, -0.2) is 4.98 Å². The molecule has 1 saturated carbocycles. The second-order valence-corrected chi connectivity index (χ2v) is 6.63. The number of amides is 1. The fourth-order valence-electron chi connectivity index (χ4n) is 2.85. The molecule has 0 atom stereocenters. The minimum atomic E-state index is -0.0352. The zero-order chi connectivity index (χ0) is 15.5. The molecule has 1 aromatic rings. The standard InChI is InChI=1S/C16H26N4O/c1-5-18-14-11-17-10-13(19-14)15(21)20(4)12-6-8-16(2,3)9-7-12/h10-12H,5-9H2,1-4H3,(H,18,19). The van der Waals surface area contributed by atoms with Crippen LogP contribution in [0.25, 0.3) is 0 Å². The molecule has 0 bridgehead atoms. The van der Waals surface area contributed by atoms with Gasteiger partial charge < -0.3 is 10.2 Å². The van der Waals surface area contributed by atoms with Gasteiger partial charge in [-0.15, -0.1) is 0 Å². The van der Waals surface area contributed by atoms with Gasteiger partial charge in [0.1, 0.15) is 11.5 Å². The molecule has 1 aliphatic rings. The van der Waals surface area contributed by atoms with Crippen LogP contribution in [0.5, 0.6) is 0 Å². The summed E-state index contributed by atoms with van der Waals surface area (Å²) < 4.78 is 0. The van der Waals surface area contributed by atoms with Crippen LogP contribution in [0.15, 0.2) is 12.4 Å². The first-order valence-corrected chi connectivity index (χ1v) is 7.76. The molecule has 1 aliphatic carbocycles. The highest BCUT2D eigenvalue weighted by atomic mass is 16.2. The lowest BCUT2D eigenvalue weighted by Crippen LogP contribution is -2.41. The minimum Gasteiger partial charge on any atom is -0.369 e. The number of anilines is 1. The highest BCUT2D eigenvalue weighted by Crippen LogP contribution is 2.36. The summed E-state index contributed by atoms with van der Waals surface area (Å²) in [6.45, 7) is 7.36. The van der Waals surface area contributed by atoms with Crippen molar-refractivity contribution >= 4 is 11.7 Å². The Balaban J connectivity index is 2.04. The van der Waals surface area contributed by atoms with Crippen molar-refractivity contribution in [1.29, 1.82) is 0 Å². The summed E-state index contributed by atoms with van der Waals surface area (Å²) >= 11 is 0. The molecule has 1 fully saturated rings. The predicted molar refractivity (Wildman–Crippen MR) is 84.3 cm³/mol. The molecule has 5 heteroatoms. The van der Waals surface area contributed by atoms with Crippen molar-refractivity contribution in [2.75, 3.05) is 18.9 Å². The molecule has 1 heterocycles. The number of aromatic nitrogens is 2. The molecule has 116 valence electrons. The van der Waals surface area contributed by atoms with Crippen LogP contribution in [0.3, 0.4) is 0 Å². The van der Waals surface area contributed by atoms with Gasteiger partial charge in [0, 0.05) is 19.6 Å². The molecule has 0 unspecified atom stereocenters. The normalized spacial score (nSPS) is 18.3. The summed E-state index contributed by atoms with van der Waals surface area (Å²) in [6, 6.07) is 0.315. The fourth-order valence-corrected chi connectivity index (χ4v) is 2.85. The summed E-state index contributed by atoms with van der Waals surface area (Å²) in [7, 11) is 1.88. The Morgan fingerprint density at radius 3 is 2.67 bits per heavy atom. The van der Waals surface area contributed by atoms with Gasteiger partial charge in [0.25, 0.3) is 5.91 Å². The van der Waals surface area contributed by atoms with Crippen LogP contribution in [0.1, 0.15) is 56.9 Å². The number of nitrogens with zero attached hydrogens (tertiary/aromatic N) is 3. The molecule has 0 radical (unpaired) electrons. The van der Waals surface area contributed by atoms with Gasteiger partial charge in [-0.3, -0.25) is 9.78 Å². The Morgan fingerprint density at radius 2 is 2.05 bits per heavy atom. The smallest absolute Gasteiger partial charge is 0.274 e. The van der Waals surface area contributed by atoms with Gasteiger partial charge in [-0.05, 0) is 38.0 Å². The second-order valence-electron chi connectivity index (χ2n) is 6.63. The maximum absolute atomic E-state index is 12.6. The Hall–Kier alpha value is -1.65. The summed E-state index contributed by atoms with van der Waals surface area (Å²) in [5, 5.41) is 3.09. The summed E-state index contributed by atoms with van der Waals surface area (Å²) in [5.41, 5.74) is 0.825. The number of hydrogen-bond donors (Lipinski definition) is 1. The topological polar surface area (TPSA) is 58.1 Å². The number of rotatable bonds is 4. The van der Waals surface area contributed by atoms with Gasteiger partial charge >= 0.3 is 0 Å². The Morgan fingerprint density at radius 1 is 1.38 bits per heavy atom. The maximum Gasteiger partial charge on any atom is 0.274 e. The van der Waals surface area contributed by atoms with Crippen molar-refractivity contribution in [3.05, 3.63) is 18.1 Å². The predicted octanol–water partition coefficient (Wildman–Crippen LogP) is 2.95. The first kappa shape index (κ1) is 15.7. The van der Waals surface area contributed by atoms with Crippen LogP contribution in [0.4, 0.5) is 5.82 Å². The van der Waals surface area contributed by atoms with Gasteiger partial charge in [0.15, 0.2) is 0 Å². The summed E-state index contributed by atoms with van der Waals surface area (Å²) in [4.78, 5) is 22.8. The average molecular weight is 290 g/mol. The van der Waals surface area contributed by atoms with Crippen LogP contribution in [0, 0.1) is 5.41 Å². The van der Waals surface area contributed by atoms with Crippen molar-refractivity contribution in [1.82, 2.24) is 14.9 Å². The highest BCUT2D eigenvalue weighted by molar-refractivity contribution is 5.92. The SMILES string of the molecule is CCNc1cncc(C(=O)N(C)C2CCC(C)(C)CC2)n1. The van der Waals surface area contributed by atoms with Crippen molar-refractivity contribution in [2.24, 2.45) is 5.41 Å². The summed E-state index contributed by atoms with van der Waals surface area (Å²) in [5.74, 6) is 0.619. The van der Waals surface area contributed by atoms with Crippen molar-refractivity contribution < 1.29 is 4.79 Å². The van der Waals surface area contributed by atoms with Crippen LogP contribution >= 0.6 is 0 Å². The minimum absolute atomic E-state index is 0.0352. The van der Waals surface area contributed by atoms with E-state index in [-0.39, 0.29) is 5.91 Å². The van der Waals surface area contributed by atoms with Gasteiger partial charge in [0.2, 0.25) is 0 Å². The molecule has 0 spiro atoms. The van der Waals surface area contributed by atoms with E-state index in [2.05, 4.69) is 29.1 Å². The van der Waals surface area contributed by atoms with E-state index in [1.54, 1.807) is 12.4 Å². The molecule has 5 nitrogen and oxygen atoms in total. The van der Waals surface area contributed by atoms with Gasteiger partial charge in [-0.2, -0.15) is 0 Å². The third-order valence-electron chi connectivity index (χ3n) is 4.39. The zero-order valence-corrected chi connectivity index (χ0v) is 13.5. The van der Waals surface area contributed by atoms with E-state index in [0.29, 0.717) is 23.0 Å². The maximum atomic E-state index is 12.6. The monoisotopic (exact) mass is 290 g/mol.